The highest BCUT2D eigenvalue weighted by atomic mass is 19.4. The quantitative estimate of drug-likeness (QED) is 0.731. The van der Waals surface area contributed by atoms with Crippen molar-refractivity contribution in [1.82, 2.24) is 4.90 Å². The summed E-state index contributed by atoms with van der Waals surface area (Å²) in [5.41, 5.74) is 2.47. The first-order chi connectivity index (χ1) is 11.5. The molecule has 1 fully saturated rings. The lowest BCUT2D eigenvalue weighted by atomic mass is 9.86. The van der Waals surface area contributed by atoms with Gasteiger partial charge in [0.25, 0.3) is 0 Å². The molecule has 0 radical (unpaired) electrons. The smallest absolute Gasteiger partial charge is 0.372 e. The minimum atomic E-state index is -4.35. The van der Waals surface area contributed by atoms with E-state index in [0.717, 1.165) is 32.1 Å². The zero-order valence-electron chi connectivity index (χ0n) is 13.5. The van der Waals surface area contributed by atoms with Crippen LogP contribution in [-0.4, -0.2) is 36.2 Å². The molecule has 1 atom stereocenters. The minimum absolute atomic E-state index is 0.00521. The number of fused-ring (bicyclic) bond motifs is 1. The molecule has 3 rings (SSSR count). The maximum absolute atomic E-state index is 12.6. The van der Waals surface area contributed by atoms with E-state index >= 15 is 0 Å². The molecule has 132 valence electrons. The van der Waals surface area contributed by atoms with Gasteiger partial charge in [0, 0.05) is 6.04 Å². The molecule has 0 saturated heterocycles. The van der Waals surface area contributed by atoms with Crippen LogP contribution in [-0.2, 0) is 16.0 Å². The molecular formula is C18H22F3NO2. The number of carbonyl (C=O) groups excluding carboxylic acids is 1. The molecule has 24 heavy (non-hydrogen) atoms. The number of halogens is 3. The molecule has 0 N–H and O–H groups in total. The van der Waals surface area contributed by atoms with Crippen LogP contribution in [0.5, 0.6) is 0 Å². The summed E-state index contributed by atoms with van der Waals surface area (Å²) < 4.78 is 40.9. The molecule has 0 aromatic heterocycles. The Hall–Kier alpha value is -1.56. The molecule has 1 aromatic rings. The molecule has 1 unspecified atom stereocenters. The van der Waals surface area contributed by atoms with E-state index in [-0.39, 0.29) is 31.0 Å². The Labute approximate surface area is 139 Å². The summed E-state index contributed by atoms with van der Waals surface area (Å²) in [4.78, 5) is 14.5. The van der Waals surface area contributed by atoms with Crippen LogP contribution in [0.1, 0.15) is 49.3 Å². The Morgan fingerprint density at radius 1 is 1.21 bits per heavy atom. The number of hydrogen-bond donors (Lipinski definition) is 0. The van der Waals surface area contributed by atoms with Gasteiger partial charge in [-0.15, -0.1) is 0 Å². The summed E-state index contributed by atoms with van der Waals surface area (Å²) in [6.45, 7) is -1.48. The molecule has 0 bridgehead atoms. The van der Waals surface area contributed by atoms with Gasteiger partial charge in [0.15, 0.2) is 0 Å². The second-order valence-electron chi connectivity index (χ2n) is 6.56. The first-order valence-electron chi connectivity index (χ1n) is 8.49. The molecule has 0 heterocycles. The number of amides is 1. The molecule has 1 aromatic carbocycles. The third-order valence-corrected chi connectivity index (χ3v) is 4.63. The molecule has 1 amide bonds. The van der Waals surface area contributed by atoms with E-state index in [1.54, 1.807) is 0 Å². The van der Waals surface area contributed by atoms with Crippen LogP contribution < -0.4 is 0 Å². The van der Waals surface area contributed by atoms with Crippen LogP contribution in [0.2, 0.25) is 0 Å². The first-order valence-corrected chi connectivity index (χ1v) is 8.49. The minimum Gasteiger partial charge on any atom is -0.372 e. The van der Waals surface area contributed by atoms with Gasteiger partial charge in [0.1, 0.15) is 6.61 Å². The van der Waals surface area contributed by atoms with Crippen molar-refractivity contribution in [2.45, 2.75) is 56.8 Å². The Morgan fingerprint density at radius 2 is 1.96 bits per heavy atom. The fourth-order valence-electron chi connectivity index (χ4n) is 3.48. The van der Waals surface area contributed by atoms with Crippen molar-refractivity contribution in [3.63, 3.8) is 0 Å². The van der Waals surface area contributed by atoms with E-state index in [0.29, 0.717) is 0 Å². The van der Waals surface area contributed by atoms with E-state index in [4.69, 9.17) is 0 Å². The number of carbonyl (C=O) groups is 1. The Kier molecular flexibility index (Phi) is 5.13. The van der Waals surface area contributed by atoms with Crippen LogP contribution in [0.3, 0.4) is 0 Å². The Morgan fingerprint density at radius 3 is 2.67 bits per heavy atom. The monoisotopic (exact) mass is 341 g/mol. The number of ether oxygens (including phenoxy) is 1. The van der Waals surface area contributed by atoms with Crippen molar-refractivity contribution in [2.75, 3.05) is 13.2 Å². The van der Waals surface area contributed by atoms with Gasteiger partial charge < -0.3 is 9.64 Å². The van der Waals surface area contributed by atoms with Crippen molar-refractivity contribution in [1.29, 1.82) is 0 Å². The van der Waals surface area contributed by atoms with E-state index in [9.17, 15) is 18.0 Å². The van der Waals surface area contributed by atoms with Gasteiger partial charge in [-0.3, -0.25) is 4.79 Å². The summed E-state index contributed by atoms with van der Waals surface area (Å²) in [5.74, 6) is -0.0959. The lowest BCUT2D eigenvalue weighted by molar-refractivity contribution is -0.175. The lowest BCUT2D eigenvalue weighted by Gasteiger charge is -2.36. The molecular weight excluding hydrogens is 319 g/mol. The summed E-state index contributed by atoms with van der Waals surface area (Å²) in [5, 5.41) is 0. The summed E-state index contributed by atoms with van der Waals surface area (Å²) in [6, 6.07) is 8.45. The zero-order valence-corrected chi connectivity index (χ0v) is 13.5. The predicted octanol–water partition coefficient (Wildman–Crippen LogP) is 4.02. The molecule has 6 heteroatoms. The van der Waals surface area contributed by atoms with E-state index in [1.807, 2.05) is 17.0 Å². The number of nitrogens with zero attached hydrogens (tertiary/aromatic N) is 1. The van der Waals surface area contributed by atoms with Crippen LogP contribution >= 0.6 is 0 Å². The van der Waals surface area contributed by atoms with Crippen LogP contribution in [0.25, 0.3) is 0 Å². The van der Waals surface area contributed by atoms with Gasteiger partial charge in [0.05, 0.1) is 19.1 Å². The fourth-order valence-corrected chi connectivity index (χ4v) is 3.48. The highest BCUT2D eigenvalue weighted by Gasteiger charge is 2.39. The summed E-state index contributed by atoms with van der Waals surface area (Å²) in [7, 11) is 0. The SMILES string of the molecule is O=C(CCOCC(F)(F)F)N(C1CC1)C1CCCc2ccccc21. The highest BCUT2D eigenvalue weighted by molar-refractivity contribution is 5.77. The van der Waals surface area contributed by atoms with Crippen molar-refractivity contribution in [3.05, 3.63) is 35.4 Å². The van der Waals surface area contributed by atoms with Crippen molar-refractivity contribution < 1.29 is 22.7 Å². The first kappa shape index (κ1) is 17.3. The van der Waals surface area contributed by atoms with Gasteiger partial charge in [-0.25, -0.2) is 0 Å². The topological polar surface area (TPSA) is 29.5 Å². The van der Waals surface area contributed by atoms with Gasteiger partial charge in [-0.05, 0) is 43.2 Å². The summed E-state index contributed by atoms with van der Waals surface area (Å²) in [6.07, 6.45) is 0.591. The van der Waals surface area contributed by atoms with Crippen molar-refractivity contribution in [3.8, 4) is 0 Å². The maximum atomic E-state index is 12.6. The number of benzene rings is 1. The van der Waals surface area contributed by atoms with E-state index < -0.39 is 12.8 Å². The number of hydrogen-bond acceptors (Lipinski definition) is 2. The fraction of sp³-hybridized carbons (Fsp3) is 0.611. The van der Waals surface area contributed by atoms with Crippen LogP contribution in [0, 0.1) is 0 Å². The van der Waals surface area contributed by atoms with Crippen molar-refractivity contribution >= 4 is 5.91 Å². The number of alkyl halides is 3. The average Bonchev–Trinajstić information content (AvgIpc) is 3.36. The van der Waals surface area contributed by atoms with E-state index in [1.165, 1.54) is 11.1 Å². The highest BCUT2D eigenvalue weighted by Crippen LogP contribution is 2.41. The average molecular weight is 341 g/mol. The van der Waals surface area contributed by atoms with Gasteiger partial charge in [-0.2, -0.15) is 13.2 Å². The number of aryl methyl sites for hydroxylation is 1. The number of rotatable bonds is 6. The van der Waals surface area contributed by atoms with E-state index in [2.05, 4.69) is 16.9 Å². The van der Waals surface area contributed by atoms with Crippen LogP contribution in [0.4, 0.5) is 13.2 Å². The lowest BCUT2D eigenvalue weighted by Crippen LogP contribution is -2.39. The normalized spacial score (nSPS) is 20.5. The molecule has 0 spiro atoms. The zero-order chi connectivity index (χ0) is 17.2. The van der Waals surface area contributed by atoms with Gasteiger partial charge in [0.2, 0.25) is 5.91 Å². The van der Waals surface area contributed by atoms with Crippen LogP contribution in [0.15, 0.2) is 24.3 Å². The standard InChI is InChI=1S/C18H22F3NO2/c19-18(20,21)12-24-11-10-17(23)22(14-8-9-14)16-7-3-5-13-4-1-2-6-15(13)16/h1-2,4,6,14,16H,3,5,7-12H2. The largest absolute Gasteiger partial charge is 0.411 e. The third kappa shape index (κ3) is 4.29. The Bertz CT molecular complexity index is 584. The molecule has 2 aliphatic rings. The molecule has 3 nitrogen and oxygen atoms in total. The van der Waals surface area contributed by atoms with Gasteiger partial charge in [-0.1, -0.05) is 24.3 Å². The maximum Gasteiger partial charge on any atom is 0.411 e. The molecule has 0 aliphatic heterocycles. The predicted molar refractivity (Wildman–Crippen MR) is 83.5 cm³/mol. The Balaban J connectivity index is 1.64. The third-order valence-electron chi connectivity index (χ3n) is 4.63. The summed E-state index contributed by atoms with van der Waals surface area (Å²) >= 11 is 0. The second kappa shape index (κ2) is 7.13. The molecule has 1 saturated carbocycles. The molecule has 2 aliphatic carbocycles. The second-order valence-corrected chi connectivity index (χ2v) is 6.56. The van der Waals surface area contributed by atoms with Gasteiger partial charge >= 0.3 is 6.18 Å². The van der Waals surface area contributed by atoms with Crippen molar-refractivity contribution in [2.24, 2.45) is 0 Å².